The molecule has 0 aromatic heterocycles. The van der Waals surface area contributed by atoms with Gasteiger partial charge >= 0.3 is 11.9 Å². The number of unbranched alkanes of at least 4 members (excludes halogenated alkanes) is 20. The van der Waals surface area contributed by atoms with E-state index in [1.54, 1.807) is 0 Å². The molecule has 1 unspecified atom stereocenters. The van der Waals surface area contributed by atoms with Crippen LogP contribution in [0, 0.1) is 0 Å². The monoisotopic (exact) mass is 510 g/mol. The number of esters is 1. The van der Waals surface area contributed by atoms with Crippen LogP contribution in [0.2, 0.25) is 0 Å². The van der Waals surface area contributed by atoms with Crippen molar-refractivity contribution >= 4 is 11.9 Å². The zero-order valence-electron chi connectivity index (χ0n) is 24.3. The quantitative estimate of drug-likeness (QED) is 0.0802. The molecule has 1 atom stereocenters. The van der Waals surface area contributed by atoms with Crippen molar-refractivity contribution in [3.63, 3.8) is 0 Å². The van der Waals surface area contributed by atoms with Gasteiger partial charge in [0.05, 0.1) is 0 Å². The van der Waals surface area contributed by atoms with Crippen molar-refractivity contribution in [1.29, 1.82) is 0 Å². The molecule has 0 amide bonds. The molecular formula is C32H62O4. The van der Waals surface area contributed by atoms with Crippen molar-refractivity contribution in [2.24, 2.45) is 0 Å². The summed E-state index contributed by atoms with van der Waals surface area (Å²) in [5.74, 6) is -0.722. The highest BCUT2D eigenvalue weighted by molar-refractivity contribution is 5.69. The third-order valence-corrected chi connectivity index (χ3v) is 7.33. The molecule has 0 saturated heterocycles. The zero-order chi connectivity index (χ0) is 26.5. The highest BCUT2D eigenvalue weighted by atomic mass is 16.5. The number of carboxylic acids is 1. The van der Waals surface area contributed by atoms with E-state index in [-0.39, 0.29) is 18.5 Å². The minimum Gasteiger partial charge on any atom is -0.481 e. The lowest BCUT2D eigenvalue weighted by atomic mass is 10.0. The highest BCUT2D eigenvalue weighted by Crippen LogP contribution is 2.18. The maximum absolute atomic E-state index is 12.5. The van der Waals surface area contributed by atoms with Gasteiger partial charge in [0, 0.05) is 12.8 Å². The molecule has 0 aromatic carbocycles. The van der Waals surface area contributed by atoms with E-state index in [2.05, 4.69) is 13.8 Å². The maximum Gasteiger partial charge on any atom is 0.306 e. The molecule has 0 bridgehead atoms. The number of hydrogen-bond acceptors (Lipinski definition) is 3. The minimum atomic E-state index is -0.709. The highest BCUT2D eigenvalue weighted by Gasteiger charge is 2.14. The smallest absolute Gasteiger partial charge is 0.306 e. The van der Waals surface area contributed by atoms with Crippen molar-refractivity contribution in [3.05, 3.63) is 0 Å². The molecule has 0 aliphatic carbocycles. The van der Waals surface area contributed by atoms with Crippen molar-refractivity contribution < 1.29 is 19.4 Å². The predicted octanol–water partition coefficient (Wildman–Crippen LogP) is 10.6. The van der Waals surface area contributed by atoms with E-state index in [1.807, 2.05) is 0 Å². The second-order valence-corrected chi connectivity index (χ2v) is 11.0. The Morgan fingerprint density at radius 1 is 0.500 bits per heavy atom. The topological polar surface area (TPSA) is 63.6 Å². The van der Waals surface area contributed by atoms with E-state index in [4.69, 9.17) is 9.84 Å². The van der Waals surface area contributed by atoms with Gasteiger partial charge < -0.3 is 9.84 Å². The van der Waals surface area contributed by atoms with E-state index in [0.717, 1.165) is 57.8 Å². The number of rotatable bonds is 29. The van der Waals surface area contributed by atoms with Crippen LogP contribution in [0.5, 0.6) is 0 Å². The summed E-state index contributed by atoms with van der Waals surface area (Å²) in [6.45, 7) is 4.52. The van der Waals surface area contributed by atoms with Crippen LogP contribution in [0.1, 0.15) is 187 Å². The number of carbonyl (C=O) groups excluding carboxylic acids is 1. The first-order chi connectivity index (χ1) is 17.6. The second kappa shape index (κ2) is 28.5. The van der Waals surface area contributed by atoms with Crippen LogP contribution in [0.15, 0.2) is 0 Å². The van der Waals surface area contributed by atoms with Crippen molar-refractivity contribution in [2.75, 3.05) is 0 Å². The molecule has 0 aliphatic rings. The van der Waals surface area contributed by atoms with Crippen LogP contribution in [-0.4, -0.2) is 23.1 Å². The first-order valence-corrected chi connectivity index (χ1v) is 16.0. The Balaban J connectivity index is 3.99. The molecule has 0 aliphatic heterocycles. The van der Waals surface area contributed by atoms with E-state index >= 15 is 0 Å². The van der Waals surface area contributed by atoms with Crippen LogP contribution >= 0.6 is 0 Å². The number of carboxylic acid groups (broad SMARTS) is 1. The van der Waals surface area contributed by atoms with Crippen LogP contribution < -0.4 is 0 Å². The van der Waals surface area contributed by atoms with E-state index < -0.39 is 5.97 Å². The maximum atomic E-state index is 12.5. The third-order valence-electron chi connectivity index (χ3n) is 7.33. The number of aliphatic carboxylic acids is 1. The molecule has 0 rings (SSSR count). The van der Waals surface area contributed by atoms with E-state index in [1.165, 1.54) is 103 Å². The third kappa shape index (κ3) is 27.5. The SMILES string of the molecule is CCCCCCCCCCCCCC(=O)OC(CCCCCCCCCC)CCCCCCC(=O)O. The van der Waals surface area contributed by atoms with Crippen LogP contribution in [0.3, 0.4) is 0 Å². The zero-order valence-corrected chi connectivity index (χ0v) is 24.3. The molecule has 214 valence electrons. The molecular weight excluding hydrogens is 448 g/mol. The van der Waals surface area contributed by atoms with Gasteiger partial charge in [-0.25, -0.2) is 0 Å². The van der Waals surface area contributed by atoms with Gasteiger partial charge in [-0.05, 0) is 38.5 Å². The van der Waals surface area contributed by atoms with Gasteiger partial charge in [-0.3, -0.25) is 9.59 Å². The number of ether oxygens (including phenoxy) is 1. The van der Waals surface area contributed by atoms with Crippen LogP contribution in [0.4, 0.5) is 0 Å². The minimum absolute atomic E-state index is 0.0126. The van der Waals surface area contributed by atoms with Gasteiger partial charge in [0.15, 0.2) is 0 Å². The Hall–Kier alpha value is -1.06. The van der Waals surface area contributed by atoms with Gasteiger partial charge in [-0.15, -0.1) is 0 Å². The van der Waals surface area contributed by atoms with Crippen molar-refractivity contribution in [1.82, 2.24) is 0 Å². The normalized spacial score (nSPS) is 12.1. The lowest BCUT2D eigenvalue weighted by Crippen LogP contribution is -2.18. The van der Waals surface area contributed by atoms with Gasteiger partial charge in [-0.2, -0.15) is 0 Å². The summed E-state index contributed by atoms with van der Waals surface area (Å²) < 4.78 is 5.91. The summed E-state index contributed by atoms with van der Waals surface area (Å²) in [5.41, 5.74) is 0. The Bertz CT molecular complexity index is 477. The fraction of sp³-hybridized carbons (Fsp3) is 0.938. The largest absolute Gasteiger partial charge is 0.481 e. The first-order valence-electron chi connectivity index (χ1n) is 16.0. The molecule has 4 nitrogen and oxygen atoms in total. The van der Waals surface area contributed by atoms with Crippen molar-refractivity contribution in [2.45, 2.75) is 193 Å². The molecule has 0 heterocycles. The summed E-state index contributed by atoms with van der Waals surface area (Å²) in [5, 5.41) is 8.78. The molecule has 36 heavy (non-hydrogen) atoms. The molecule has 0 fully saturated rings. The molecule has 1 N–H and O–H groups in total. The van der Waals surface area contributed by atoms with Crippen molar-refractivity contribution in [3.8, 4) is 0 Å². The predicted molar refractivity (Wildman–Crippen MR) is 154 cm³/mol. The number of carbonyl (C=O) groups is 2. The lowest BCUT2D eigenvalue weighted by Gasteiger charge is -2.18. The van der Waals surface area contributed by atoms with E-state index in [0.29, 0.717) is 6.42 Å². The molecule has 4 heteroatoms. The fourth-order valence-electron chi connectivity index (χ4n) is 4.95. The van der Waals surface area contributed by atoms with Crippen LogP contribution in [-0.2, 0) is 14.3 Å². The van der Waals surface area contributed by atoms with Crippen LogP contribution in [0.25, 0.3) is 0 Å². The Kier molecular flexibility index (Phi) is 27.7. The fourth-order valence-corrected chi connectivity index (χ4v) is 4.95. The van der Waals surface area contributed by atoms with Gasteiger partial charge in [-0.1, -0.05) is 136 Å². The average molecular weight is 511 g/mol. The van der Waals surface area contributed by atoms with E-state index in [9.17, 15) is 9.59 Å². The number of hydrogen-bond donors (Lipinski definition) is 1. The summed E-state index contributed by atoms with van der Waals surface area (Å²) in [7, 11) is 0. The average Bonchev–Trinajstić information content (AvgIpc) is 2.85. The lowest BCUT2D eigenvalue weighted by molar-refractivity contribution is -0.150. The summed E-state index contributed by atoms with van der Waals surface area (Å²) in [4.78, 5) is 23.1. The first kappa shape index (κ1) is 34.9. The van der Waals surface area contributed by atoms with Gasteiger partial charge in [0.1, 0.15) is 6.10 Å². The summed E-state index contributed by atoms with van der Waals surface area (Å²) in [6, 6.07) is 0. The van der Waals surface area contributed by atoms with Gasteiger partial charge in [0.25, 0.3) is 0 Å². The molecule has 0 saturated carbocycles. The van der Waals surface area contributed by atoms with Gasteiger partial charge in [0.2, 0.25) is 0 Å². The molecule has 0 radical (unpaired) electrons. The summed E-state index contributed by atoms with van der Waals surface area (Å²) in [6.07, 6.45) is 31.0. The Morgan fingerprint density at radius 3 is 1.22 bits per heavy atom. The Labute approximate surface area is 224 Å². The molecule has 0 aromatic rings. The summed E-state index contributed by atoms with van der Waals surface area (Å²) >= 11 is 0. The molecule has 0 spiro atoms. The standard InChI is InChI=1S/C32H62O4/c1-3-5-7-9-11-13-14-15-17-19-25-29-32(35)36-30(27-23-20-21-24-28-31(33)34)26-22-18-16-12-10-8-6-4-2/h30H,3-29H2,1-2H3,(H,33,34). The second-order valence-electron chi connectivity index (χ2n) is 11.0. The Morgan fingerprint density at radius 2 is 0.833 bits per heavy atom.